The summed E-state index contributed by atoms with van der Waals surface area (Å²) in [5.74, 6) is -4.15. The van der Waals surface area contributed by atoms with E-state index < -0.39 is 41.7 Å². The van der Waals surface area contributed by atoms with E-state index in [2.05, 4.69) is 15.7 Å². The van der Waals surface area contributed by atoms with Gasteiger partial charge in [-0.2, -0.15) is 5.10 Å². The van der Waals surface area contributed by atoms with Gasteiger partial charge in [-0.1, -0.05) is 48.5 Å². The molecular weight excluding hydrogens is 534 g/mol. The standard InChI is InChI=1S/C30H28F2N4O5/c1-17-26(34-30(40)41-18(2)20-7-5-4-6-8-20)27(35-36(17)3)21-10-12-22(13-11-21)28(37)33-25(29(38)39)16-19-9-14-23(31)24(32)15-19/h4-15,18,25H,16H2,1-3H3,(H,33,37)(H,34,40)(H,38,39)/t18-,25-/m1/s1. The van der Waals surface area contributed by atoms with Gasteiger partial charge in [-0.15, -0.1) is 0 Å². The van der Waals surface area contributed by atoms with Crippen LogP contribution in [0.5, 0.6) is 0 Å². The lowest BCUT2D eigenvalue weighted by Gasteiger charge is -2.15. The molecule has 2 amide bonds. The number of hydrogen-bond acceptors (Lipinski definition) is 5. The SMILES string of the molecule is Cc1c(NC(=O)O[C@H](C)c2ccccc2)c(-c2ccc(C(=O)N[C@H](Cc3ccc(F)c(F)c3)C(=O)O)cc2)nn1C. The van der Waals surface area contributed by atoms with Crippen LogP contribution in [0.25, 0.3) is 11.3 Å². The zero-order chi connectivity index (χ0) is 29.7. The number of carbonyl (C=O) groups excluding carboxylic acids is 2. The molecule has 9 nitrogen and oxygen atoms in total. The first-order valence-corrected chi connectivity index (χ1v) is 12.7. The number of amides is 2. The van der Waals surface area contributed by atoms with Gasteiger partial charge in [-0.05, 0) is 49.2 Å². The molecular formula is C30H28F2N4O5. The fourth-order valence-corrected chi connectivity index (χ4v) is 4.17. The summed E-state index contributed by atoms with van der Waals surface area (Å²) in [5, 5.41) is 19.2. The van der Waals surface area contributed by atoms with Gasteiger partial charge in [0, 0.05) is 24.6 Å². The van der Waals surface area contributed by atoms with E-state index in [1.807, 2.05) is 30.3 Å². The number of anilines is 1. The van der Waals surface area contributed by atoms with E-state index in [0.717, 1.165) is 17.7 Å². The predicted molar refractivity (Wildman–Crippen MR) is 147 cm³/mol. The first-order chi connectivity index (χ1) is 19.5. The van der Waals surface area contributed by atoms with Crippen LogP contribution in [0.3, 0.4) is 0 Å². The highest BCUT2D eigenvalue weighted by Gasteiger charge is 2.23. The fraction of sp³-hybridized carbons (Fsp3) is 0.200. The molecule has 0 fully saturated rings. The van der Waals surface area contributed by atoms with Crippen LogP contribution in [0.15, 0.2) is 72.8 Å². The van der Waals surface area contributed by atoms with Gasteiger partial charge in [0.25, 0.3) is 5.91 Å². The predicted octanol–water partition coefficient (Wildman–Crippen LogP) is 5.41. The Kier molecular flexibility index (Phi) is 8.76. The number of ether oxygens (including phenoxy) is 1. The molecule has 0 aliphatic carbocycles. The number of rotatable bonds is 9. The summed E-state index contributed by atoms with van der Waals surface area (Å²) < 4.78 is 33.9. The zero-order valence-electron chi connectivity index (χ0n) is 22.5. The third-order valence-electron chi connectivity index (χ3n) is 6.56. The maximum atomic E-state index is 13.5. The van der Waals surface area contributed by atoms with Crippen LogP contribution in [0.1, 0.15) is 40.2 Å². The van der Waals surface area contributed by atoms with Gasteiger partial charge in [0.1, 0.15) is 17.8 Å². The summed E-state index contributed by atoms with van der Waals surface area (Å²) in [6, 6.07) is 17.2. The van der Waals surface area contributed by atoms with Gasteiger partial charge < -0.3 is 15.2 Å². The highest BCUT2D eigenvalue weighted by Crippen LogP contribution is 2.30. The number of aliphatic carboxylic acids is 1. The number of benzene rings is 3. The van der Waals surface area contributed by atoms with E-state index in [1.165, 1.54) is 18.2 Å². The summed E-state index contributed by atoms with van der Waals surface area (Å²) in [6.07, 6.45) is -1.38. The Morgan fingerprint density at radius 2 is 1.68 bits per heavy atom. The van der Waals surface area contributed by atoms with Gasteiger partial charge >= 0.3 is 12.1 Å². The molecule has 4 rings (SSSR count). The summed E-state index contributed by atoms with van der Waals surface area (Å²) in [4.78, 5) is 37.2. The van der Waals surface area contributed by atoms with E-state index in [1.54, 1.807) is 37.7 Å². The molecule has 212 valence electrons. The number of carboxylic acids is 1. The first-order valence-electron chi connectivity index (χ1n) is 12.7. The molecule has 0 radical (unpaired) electrons. The second-order valence-corrected chi connectivity index (χ2v) is 9.41. The monoisotopic (exact) mass is 562 g/mol. The number of nitrogens with one attached hydrogen (secondary N) is 2. The molecule has 3 aromatic carbocycles. The fourth-order valence-electron chi connectivity index (χ4n) is 4.17. The van der Waals surface area contributed by atoms with Crippen molar-refractivity contribution in [3.8, 4) is 11.3 Å². The smallest absolute Gasteiger partial charge is 0.412 e. The minimum absolute atomic E-state index is 0.170. The van der Waals surface area contributed by atoms with Crippen molar-refractivity contribution >= 4 is 23.7 Å². The molecule has 41 heavy (non-hydrogen) atoms. The summed E-state index contributed by atoms with van der Waals surface area (Å²) in [7, 11) is 1.72. The lowest BCUT2D eigenvalue weighted by atomic mass is 10.0. The van der Waals surface area contributed by atoms with Crippen molar-refractivity contribution in [3.63, 3.8) is 0 Å². The number of halogens is 2. The molecule has 11 heteroatoms. The van der Waals surface area contributed by atoms with Crippen molar-refractivity contribution in [1.29, 1.82) is 0 Å². The quantitative estimate of drug-likeness (QED) is 0.251. The Bertz CT molecular complexity index is 1570. The van der Waals surface area contributed by atoms with Crippen LogP contribution < -0.4 is 10.6 Å². The van der Waals surface area contributed by atoms with Crippen molar-refractivity contribution in [2.75, 3.05) is 5.32 Å². The van der Waals surface area contributed by atoms with Crippen molar-refractivity contribution < 1.29 is 33.0 Å². The van der Waals surface area contributed by atoms with Crippen molar-refractivity contribution in [3.05, 3.63) is 107 Å². The molecule has 1 aromatic heterocycles. The number of aryl methyl sites for hydroxylation is 1. The van der Waals surface area contributed by atoms with E-state index in [0.29, 0.717) is 22.6 Å². The molecule has 3 N–H and O–H groups in total. The molecule has 2 atom stereocenters. The Labute approximate surface area is 234 Å². The van der Waals surface area contributed by atoms with Gasteiger partial charge in [0.05, 0.1) is 11.4 Å². The molecule has 0 spiro atoms. The van der Waals surface area contributed by atoms with E-state index in [9.17, 15) is 28.3 Å². The maximum Gasteiger partial charge on any atom is 0.412 e. The first kappa shape index (κ1) is 28.9. The number of carboxylic acid groups (broad SMARTS) is 1. The van der Waals surface area contributed by atoms with Crippen molar-refractivity contribution in [1.82, 2.24) is 15.1 Å². The molecule has 0 aliphatic heterocycles. The van der Waals surface area contributed by atoms with Crippen LogP contribution in [-0.4, -0.2) is 38.9 Å². The summed E-state index contributed by atoms with van der Waals surface area (Å²) in [6.45, 7) is 3.55. The van der Waals surface area contributed by atoms with Crippen molar-refractivity contribution in [2.24, 2.45) is 7.05 Å². The Morgan fingerprint density at radius 3 is 2.32 bits per heavy atom. The maximum absolute atomic E-state index is 13.5. The average Bonchev–Trinajstić information content (AvgIpc) is 3.23. The number of hydrogen-bond donors (Lipinski definition) is 3. The minimum Gasteiger partial charge on any atom is -0.480 e. The second kappa shape index (κ2) is 12.4. The van der Waals surface area contributed by atoms with Gasteiger partial charge in [-0.3, -0.25) is 14.8 Å². The topological polar surface area (TPSA) is 123 Å². The molecule has 1 heterocycles. The second-order valence-electron chi connectivity index (χ2n) is 9.41. The highest BCUT2D eigenvalue weighted by molar-refractivity contribution is 5.97. The Balaban J connectivity index is 1.47. The summed E-state index contributed by atoms with van der Waals surface area (Å²) >= 11 is 0. The van der Waals surface area contributed by atoms with Gasteiger partial charge in [0.15, 0.2) is 11.6 Å². The van der Waals surface area contributed by atoms with Crippen LogP contribution in [0.4, 0.5) is 19.3 Å². The lowest BCUT2D eigenvalue weighted by Crippen LogP contribution is -2.42. The largest absolute Gasteiger partial charge is 0.480 e. The summed E-state index contributed by atoms with van der Waals surface area (Å²) in [5.41, 5.74) is 3.38. The van der Waals surface area contributed by atoms with Crippen molar-refractivity contribution in [2.45, 2.75) is 32.4 Å². The minimum atomic E-state index is -1.37. The van der Waals surface area contributed by atoms with E-state index in [-0.39, 0.29) is 17.5 Å². The van der Waals surface area contributed by atoms with Crippen LogP contribution in [-0.2, 0) is 23.0 Å². The van der Waals surface area contributed by atoms with Crippen LogP contribution >= 0.6 is 0 Å². The third kappa shape index (κ3) is 6.93. The molecule has 0 unspecified atom stereocenters. The normalized spacial score (nSPS) is 12.3. The number of aromatic nitrogens is 2. The number of carbonyl (C=O) groups is 3. The Hall–Kier alpha value is -5.06. The molecule has 4 aromatic rings. The molecule has 0 saturated carbocycles. The highest BCUT2D eigenvalue weighted by atomic mass is 19.2. The van der Waals surface area contributed by atoms with E-state index in [4.69, 9.17) is 4.74 Å². The van der Waals surface area contributed by atoms with Gasteiger partial charge in [0.2, 0.25) is 0 Å². The average molecular weight is 563 g/mol. The number of nitrogens with zero attached hydrogens (tertiary/aromatic N) is 2. The molecule has 0 saturated heterocycles. The lowest BCUT2D eigenvalue weighted by molar-refractivity contribution is -0.139. The molecule has 0 bridgehead atoms. The van der Waals surface area contributed by atoms with Gasteiger partial charge in [-0.25, -0.2) is 18.4 Å². The van der Waals surface area contributed by atoms with E-state index >= 15 is 0 Å². The third-order valence-corrected chi connectivity index (χ3v) is 6.56. The van der Waals surface area contributed by atoms with Crippen LogP contribution in [0, 0.1) is 18.6 Å². The zero-order valence-corrected chi connectivity index (χ0v) is 22.5. The van der Waals surface area contributed by atoms with Crippen LogP contribution in [0.2, 0.25) is 0 Å². The Morgan fingerprint density at radius 1 is 1.00 bits per heavy atom. The molecule has 0 aliphatic rings.